The number of esters is 1. The largest absolute Gasteiger partial charge is 0.455 e. The fourth-order valence-electron chi connectivity index (χ4n) is 1.64. The molecule has 0 aliphatic heterocycles. The molecular weight excluding hydrogens is 302 g/mol. The highest BCUT2D eigenvalue weighted by molar-refractivity contribution is 5.95. The van der Waals surface area contributed by atoms with E-state index >= 15 is 0 Å². The van der Waals surface area contributed by atoms with Crippen LogP contribution in [0.15, 0.2) is 24.3 Å². The Balaban J connectivity index is 2.37. The Kier molecular flexibility index (Phi) is 7.25. The Bertz CT molecular complexity index is 583. The summed E-state index contributed by atoms with van der Waals surface area (Å²) in [6, 6.07) is 6.02. The molecule has 1 rings (SSSR count). The Morgan fingerprint density at radius 2 is 1.74 bits per heavy atom. The quantitative estimate of drug-likeness (QED) is 0.663. The molecule has 0 spiro atoms. The number of carbonyl (C=O) groups is 4. The van der Waals surface area contributed by atoms with Gasteiger partial charge in [0, 0.05) is 19.2 Å². The molecule has 0 saturated carbocycles. The van der Waals surface area contributed by atoms with Gasteiger partial charge in [0.05, 0.1) is 6.42 Å². The van der Waals surface area contributed by atoms with Gasteiger partial charge in [-0.25, -0.2) is 4.79 Å². The van der Waals surface area contributed by atoms with Crippen LogP contribution in [0.25, 0.3) is 0 Å². The smallest absolute Gasteiger partial charge is 0.321 e. The van der Waals surface area contributed by atoms with E-state index in [-0.39, 0.29) is 12.3 Å². The number of urea groups is 1. The Morgan fingerprint density at radius 3 is 2.30 bits per heavy atom. The van der Waals surface area contributed by atoms with Crippen LogP contribution >= 0.6 is 0 Å². The van der Waals surface area contributed by atoms with Crippen molar-refractivity contribution in [2.75, 3.05) is 18.5 Å². The lowest BCUT2D eigenvalue weighted by atomic mass is 10.1. The van der Waals surface area contributed by atoms with E-state index in [2.05, 4.69) is 10.6 Å². The first-order valence-corrected chi connectivity index (χ1v) is 7.00. The highest BCUT2D eigenvalue weighted by Gasteiger charge is 2.11. The van der Waals surface area contributed by atoms with Gasteiger partial charge in [-0.3, -0.25) is 19.7 Å². The van der Waals surface area contributed by atoms with Crippen LogP contribution in [0.5, 0.6) is 0 Å². The zero-order chi connectivity index (χ0) is 17.2. The van der Waals surface area contributed by atoms with Gasteiger partial charge in [-0.15, -0.1) is 0 Å². The Labute approximate surface area is 133 Å². The van der Waals surface area contributed by atoms with Crippen LogP contribution in [0, 0.1) is 0 Å². The lowest BCUT2D eigenvalue weighted by Crippen LogP contribution is -2.41. The maximum Gasteiger partial charge on any atom is 0.321 e. The predicted molar refractivity (Wildman–Crippen MR) is 82.6 cm³/mol. The van der Waals surface area contributed by atoms with Crippen molar-refractivity contribution >= 4 is 29.5 Å². The van der Waals surface area contributed by atoms with Gasteiger partial charge in [0.15, 0.2) is 6.61 Å². The van der Waals surface area contributed by atoms with Crippen molar-refractivity contribution in [2.45, 2.75) is 20.3 Å². The number of rotatable bonds is 6. The van der Waals surface area contributed by atoms with Crippen LogP contribution in [0.1, 0.15) is 19.4 Å². The minimum atomic E-state index is -0.703. The van der Waals surface area contributed by atoms with Crippen molar-refractivity contribution in [2.24, 2.45) is 0 Å². The first kappa shape index (κ1) is 18.1. The first-order valence-electron chi connectivity index (χ1n) is 7.00. The number of nitrogens with one attached hydrogen (secondary N) is 3. The fraction of sp³-hybridized carbons (Fsp3) is 0.333. The lowest BCUT2D eigenvalue weighted by Gasteiger charge is -2.07. The van der Waals surface area contributed by atoms with Crippen LogP contribution in [-0.2, 0) is 25.5 Å². The Hall–Kier alpha value is -2.90. The van der Waals surface area contributed by atoms with Gasteiger partial charge < -0.3 is 15.4 Å². The summed E-state index contributed by atoms with van der Waals surface area (Å²) in [5, 5.41) is 7.01. The number of hydrogen-bond donors (Lipinski definition) is 3. The van der Waals surface area contributed by atoms with Crippen molar-refractivity contribution in [1.82, 2.24) is 10.6 Å². The van der Waals surface area contributed by atoms with Gasteiger partial charge in [-0.05, 0) is 24.6 Å². The van der Waals surface area contributed by atoms with E-state index in [9.17, 15) is 19.2 Å². The molecule has 0 atom stereocenters. The third kappa shape index (κ3) is 7.60. The van der Waals surface area contributed by atoms with Crippen LogP contribution < -0.4 is 16.0 Å². The van der Waals surface area contributed by atoms with Crippen LogP contribution in [-0.4, -0.2) is 37.0 Å². The summed E-state index contributed by atoms with van der Waals surface area (Å²) >= 11 is 0. The van der Waals surface area contributed by atoms with E-state index < -0.39 is 24.5 Å². The van der Waals surface area contributed by atoms with Crippen molar-refractivity contribution in [3.63, 3.8) is 0 Å². The van der Waals surface area contributed by atoms with Crippen LogP contribution in [0.4, 0.5) is 10.5 Å². The van der Waals surface area contributed by atoms with Crippen molar-refractivity contribution in [3.8, 4) is 0 Å². The molecule has 0 aromatic heterocycles. The van der Waals surface area contributed by atoms with Crippen LogP contribution in [0.2, 0.25) is 0 Å². The van der Waals surface area contributed by atoms with Gasteiger partial charge in [0.25, 0.3) is 5.91 Å². The van der Waals surface area contributed by atoms with E-state index in [4.69, 9.17) is 4.74 Å². The summed E-state index contributed by atoms with van der Waals surface area (Å²) in [6.45, 7) is 2.96. The van der Waals surface area contributed by atoms with Gasteiger partial charge >= 0.3 is 12.0 Å². The highest BCUT2D eigenvalue weighted by atomic mass is 16.5. The van der Waals surface area contributed by atoms with Gasteiger partial charge in [-0.2, -0.15) is 0 Å². The predicted octanol–water partition coefficient (Wildman–Crippen LogP) is 0.576. The van der Waals surface area contributed by atoms with Gasteiger partial charge in [0.2, 0.25) is 5.91 Å². The molecule has 1 aromatic rings. The second-order valence-corrected chi connectivity index (χ2v) is 4.62. The molecule has 0 heterocycles. The number of imide groups is 1. The van der Waals surface area contributed by atoms with Crippen molar-refractivity contribution in [1.29, 1.82) is 0 Å². The molecule has 8 nitrogen and oxygen atoms in total. The molecule has 1 aromatic carbocycles. The molecule has 124 valence electrons. The summed E-state index contributed by atoms with van der Waals surface area (Å²) in [5.74, 6) is -1.48. The third-order valence-electron chi connectivity index (χ3n) is 2.58. The maximum atomic E-state index is 11.6. The van der Waals surface area contributed by atoms with E-state index in [1.165, 1.54) is 6.92 Å². The van der Waals surface area contributed by atoms with Crippen LogP contribution in [0.3, 0.4) is 0 Å². The van der Waals surface area contributed by atoms with E-state index in [1.54, 1.807) is 31.2 Å². The molecule has 23 heavy (non-hydrogen) atoms. The maximum absolute atomic E-state index is 11.6. The monoisotopic (exact) mass is 321 g/mol. The number of anilines is 1. The minimum Gasteiger partial charge on any atom is -0.455 e. The molecule has 0 saturated heterocycles. The Morgan fingerprint density at radius 1 is 1.09 bits per heavy atom. The molecule has 0 bridgehead atoms. The summed E-state index contributed by atoms with van der Waals surface area (Å²) in [7, 11) is 0. The number of benzene rings is 1. The normalized spacial score (nSPS) is 9.65. The average molecular weight is 321 g/mol. The number of hydrogen-bond acceptors (Lipinski definition) is 5. The molecule has 0 aliphatic carbocycles. The SMILES string of the molecule is CCNC(=O)NC(=O)COC(=O)Cc1ccc(NC(C)=O)cc1. The second-order valence-electron chi connectivity index (χ2n) is 4.62. The van der Waals surface area contributed by atoms with Crippen molar-refractivity contribution in [3.05, 3.63) is 29.8 Å². The minimum absolute atomic E-state index is 0.0191. The number of amides is 4. The molecule has 0 radical (unpaired) electrons. The zero-order valence-corrected chi connectivity index (χ0v) is 13.0. The summed E-state index contributed by atoms with van der Waals surface area (Å²) < 4.78 is 4.78. The standard InChI is InChI=1S/C15H19N3O5/c1-3-16-15(22)18-13(20)9-23-14(21)8-11-4-6-12(7-5-11)17-10(2)19/h4-7H,3,8-9H2,1-2H3,(H,17,19)(H2,16,18,20,22). The molecule has 0 fully saturated rings. The van der Waals surface area contributed by atoms with Gasteiger partial charge in [-0.1, -0.05) is 12.1 Å². The fourth-order valence-corrected chi connectivity index (χ4v) is 1.64. The first-order chi connectivity index (χ1) is 10.9. The van der Waals surface area contributed by atoms with E-state index in [0.29, 0.717) is 17.8 Å². The number of carbonyl (C=O) groups excluding carboxylic acids is 4. The molecule has 3 N–H and O–H groups in total. The molecule has 4 amide bonds. The lowest BCUT2D eigenvalue weighted by molar-refractivity contribution is -0.147. The topological polar surface area (TPSA) is 114 Å². The summed E-state index contributed by atoms with van der Waals surface area (Å²) in [4.78, 5) is 44.9. The molecule has 8 heteroatoms. The molecular formula is C15H19N3O5. The third-order valence-corrected chi connectivity index (χ3v) is 2.58. The second kappa shape index (κ2) is 9.19. The van der Waals surface area contributed by atoms with E-state index in [1.807, 2.05) is 5.32 Å². The number of ether oxygens (including phenoxy) is 1. The molecule has 0 aliphatic rings. The van der Waals surface area contributed by atoms with Gasteiger partial charge in [0.1, 0.15) is 0 Å². The van der Waals surface area contributed by atoms with E-state index in [0.717, 1.165) is 0 Å². The summed E-state index contributed by atoms with van der Waals surface area (Å²) in [6.07, 6.45) is -0.0191. The molecule has 0 unspecified atom stereocenters. The average Bonchev–Trinajstić information content (AvgIpc) is 2.47. The zero-order valence-electron chi connectivity index (χ0n) is 13.0. The highest BCUT2D eigenvalue weighted by Crippen LogP contribution is 2.10. The van der Waals surface area contributed by atoms with Crippen molar-refractivity contribution < 1.29 is 23.9 Å². The summed E-state index contributed by atoms with van der Waals surface area (Å²) in [5.41, 5.74) is 1.30.